The molecule has 13 heteroatoms. The number of nitrogens with zero attached hydrogens (tertiary/aromatic N) is 4. The van der Waals surface area contributed by atoms with Gasteiger partial charge in [0.1, 0.15) is 5.54 Å². The Morgan fingerprint density at radius 2 is 1.81 bits per heavy atom. The fraction of sp³-hybridized carbons (Fsp3) is 0.417. The van der Waals surface area contributed by atoms with Gasteiger partial charge in [0.25, 0.3) is 5.91 Å². The van der Waals surface area contributed by atoms with E-state index in [0.717, 1.165) is 22.6 Å². The summed E-state index contributed by atoms with van der Waals surface area (Å²) in [7, 11) is 0. The predicted octanol–water partition coefficient (Wildman–Crippen LogP) is 3.00. The summed E-state index contributed by atoms with van der Waals surface area (Å²) in [5.41, 5.74) is -0.812. The van der Waals surface area contributed by atoms with Crippen LogP contribution < -0.4 is 15.0 Å². The second kappa shape index (κ2) is 10.3. The van der Waals surface area contributed by atoms with Gasteiger partial charge < -0.3 is 19.7 Å². The van der Waals surface area contributed by atoms with Crippen molar-refractivity contribution in [2.45, 2.75) is 32.3 Å². The van der Waals surface area contributed by atoms with Gasteiger partial charge in [0, 0.05) is 32.0 Å². The first-order valence-corrected chi connectivity index (χ1v) is 11.5. The lowest BCUT2D eigenvalue weighted by Crippen LogP contribution is -2.43. The van der Waals surface area contributed by atoms with E-state index in [1.165, 1.54) is 11.0 Å². The second-order valence-electron chi connectivity index (χ2n) is 9.09. The lowest BCUT2D eigenvalue weighted by atomic mass is 10.0. The Bertz CT molecular complexity index is 1170. The zero-order valence-corrected chi connectivity index (χ0v) is 20.2. The molecule has 0 radical (unpaired) electrons. The van der Waals surface area contributed by atoms with E-state index in [4.69, 9.17) is 4.74 Å². The van der Waals surface area contributed by atoms with Crippen LogP contribution in [0.5, 0.6) is 5.75 Å². The number of amides is 4. The number of carbonyl (C=O) groups excluding carboxylic acids is 3. The predicted molar refractivity (Wildman–Crippen MR) is 126 cm³/mol. The highest BCUT2D eigenvalue weighted by Gasteiger charge is 2.52. The van der Waals surface area contributed by atoms with E-state index < -0.39 is 35.5 Å². The topological polar surface area (TPSA) is 104 Å². The summed E-state index contributed by atoms with van der Waals surface area (Å²) in [5, 5.41) is 2.43. The molecule has 4 amide bonds. The molecule has 2 aliphatic heterocycles. The number of pyridine rings is 1. The van der Waals surface area contributed by atoms with E-state index in [9.17, 15) is 27.6 Å². The van der Waals surface area contributed by atoms with Crippen LogP contribution in [0.1, 0.15) is 19.4 Å². The van der Waals surface area contributed by atoms with Crippen LogP contribution >= 0.6 is 0 Å². The lowest BCUT2D eigenvalue weighted by molar-refractivity contribution is -0.274. The molecule has 1 aromatic heterocycles. The standard InChI is InChI=1S/C24H26F3N5O5/c1-23(2)21(34)32(22(35)31(23)14-16-5-7-28-8-6-16)17-3-4-19(37-24(25,26)27)18(13-17)29-20(33)15-30-9-11-36-12-10-30/h3-8,13H,9-12,14-15H2,1-2H3,(H,29,33). The van der Waals surface area contributed by atoms with Crippen LogP contribution in [0.25, 0.3) is 0 Å². The number of nitrogens with one attached hydrogen (secondary N) is 1. The molecule has 0 unspecified atom stereocenters. The smallest absolute Gasteiger partial charge is 0.404 e. The van der Waals surface area contributed by atoms with Crippen molar-refractivity contribution >= 4 is 29.2 Å². The fourth-order valence-electron chi connectivity index (χ4n) is 4.12. The van der Waals surface area contributed by atoms with Crippen LogP contribution in [0.15, 0.2) is 42.7 Å². The van der Waals surface area contributed by atoms with Gasteiger partial charge in [0.15, 0.2) is 5.75 Å². The second-order valence-corrected chi connectivity index (χ2v) is 9.09. The molecule has 3 heterocycles. The van der Waals surface area contributed by atoms with Crippen LogP contribution in [0.2, 0.25) is 0 Å². The Hall–Kier alpha value is -3.71. The zero-order valence-electron chi connectivity index (χ0n) is 20.2. The van der Waals surface area contributed by atoms with Crippen molar-refractivity contribution in [1.29, 1.82) is 0 Å². The highest BCUT2D eigenvalue weighted by Crippen LogP contribution is 2.38. The van der Waals surface area contributed by atoms with Crippen molar-refractivity contribution in [3.63, 3.8) is 0 Å². The van der Waals surface area contributed by atoms with Gasteiger partial charge in [-0.2, -0.15) is 0 Å². The Labute approximate surface area is 210 Å². The molecule has 0 saturated carbocycles. The summed E-state index contributed by atoms with van der Waals surface area (Å²) in [4.78, 5) is 47.2. The SMILES string of the molecule is CC1(C)C(=O)N(c2ccc(OC(F)(F)F)c(NC(=O)CN3CCOCC3)c2)C(=O)N1Cc1ccncc1. The van der Waals surface area contributed by atoms with Crippen molar-refractivity contribution < 1.29 is 37.0 Å². The summed E-state index contributed by atoms with van der Waals surface area (Å²) in [6.45, 7) is 5.09. The number of ether oxygens (including phenoxy) is 2. The van der Waals surface area contributed by atoms with Gasteiger partial charge in [-0.05, 0) is 49.7 Å². The van der Waals surface area contributed by atoms with Gasteiger partial charge in [-0.25, -0.2) is 9.69 Å². The van der Waals surface area contributed by atoms with Gasteiger partial charge in [-0.1, -0.05) is 0 Å². The maximum atomic E-state index is 13.3. The van der Waals surface area contributed by atoms with Gasteiger partial charge in [-0.3, -0.25) is 19.5 Å². The van der Waals surface area contributed by atoms with E-state index in [-0.39, 0.29) is 24.5 Å². The van der Waals surface area contributed by atoms with Crippen molar-refractivity contribution in [3.05, 3.63) is 48.3 Å². The molecular formula is C24H26F3N5O5. The zero-order chi connectivity index (χ0) is 26.8. The Kier molecular flexibility index (Phi) is 7.37. The summed E-state index contributed by atoms with van der Waals surface area (Å²) in [6, 6.07) is 6.03. The van der Waals surface area contributed by atoms with Crippen molar-refractivity contribution in [3.8, 4) is 5.75 Å². The molecule has 0 atom stereocenters. The molecule has 0 aliphatic carbocycles. The molecule has 37 heavy (non-hydrogen) atoms. The summed E-state index contributed by atoms with van der Waals surface area (Å²) < 4.78 is 48.4. The van der Waals surface area contributed by atoms with E-state index >= 15 is 0 Å². The minimum Gasteiger partial charge on any atom is -0.404 e. The van der Waals surface area contributed by atoms with Crippen LogP contribution in [0.4, 0.5) is 29.3 Å². The number of morpholine rings is 1. The monoisotopic (exact) mass is 521 g/mol. The number of hydrogen-bond donors (Lipinski definition) is 1. The average molecular weight is 521 g/mol. The highest BCUT2D eigenvalue weighted by atomic mass is 19.4. The first-order chi connectivity index (χ1) is 17.5. The number of halogens is 3. The maximum Gasteiger partial charge on any atom is 0.573 e. The first-order valence-electron chi connectivity index (χ1n) is 11.5. The van der Waals surface area contributed by atoms with Crippen LogP contribution in [-0.4, -0.2) is 77.4 Å². The van der Waals surface area contributed by atoms with E-state index in [1.54, 1.807) is 43.3 Å². The Morgan fingerprint density at radius 1 is 1.14 bits per heavy atom. The molecule has 0 spiro atoms. The van der Waals surface area contributed by atoms with Gasteiger partial charge in [0.05, 0.1) is 31.1 Å². The molecular weight excluding hydrogens is 495 g/mol. The third-order valence-electron chi connectivity index (χ3n) is 6.11. The highest BCUT2D eigenvalue weighted by molar-refractivity contribution is 6.23. The van der Waals surface area contributed by atoms with Crippen LogP contribution in [0, 0.1) is 0 Å². The van der Waals surface area contributed by atoms with Crippen LogP contribution in [0.3, 0.4) is 0 Å². The fourth-order valence-corrected chi connectivity index (χ4v) is 4.12. The van der Waals surface area contributed by atoms with Crippen LogP contribution in [-0.2, 0) is 20.9 Å². The third kappa shape index (κ3) is 6.00. The molecule has 198 valence electrons. The summed E-state index contributed by atoms with van der Waals surface area (Å²) in [6.07, 6.45) is -1.89. The number of alkyl halides is 3. The number of benzene rings is 1. The van der Waals surface area contributed by atoms with E-state index in [1.807, 2.05) is 0 Å². The number of rotatable bonds is 7. The molecule has 2 fully saturated rings. The minimum absolute atomic E-state index is 0.00324. The maximum absolute atomic E-state index is 13.3. The minimum atomic E-state index is -5.02. The molecule has 2 saturated heterocycles. The van der Waals surface area contributed by atoms with Gasteiger partial charge in [-0.15, -0.1) is 13.2 Å². The molecule has 10 nitrogen and oxygen atoms in total. The number of aromatic nitrogens is 1. The largest absolute Gasteiger partial charge is 0.573 e. The summed E-state index contributed by atoms with van der Waals surface area (Å²) >= 11 is 0. The number of anilines is 2. The Morgan fingerprint density at radius 3 is 2.46 bits per heavy atom. The average Bonchev–Trinajstić information content (AvgIpc) is 3.00. The summed E-state index contributed by atoms with van der Waals surface area (Å²) in [5.74, 6) is -1.81. The van der Waals surface area contributed by atoms with Gasteiger partial charge >= 0.3 is 12.4 Å². The number of carbonyl (C=O) groups is 3. The normalized spacial score (nSPS) is 18.3. The van der Waals surface area contributed by atoms with Crippen molar-refractivity contribution in [2.75, 3.05) is 43.1 Å². The molecule has 2 aromatic rings. The molecule has 4 rings (SSSR count). The molecule has 1 aromatic carbocycles. The third-order valence-corrected chi connectivity index (χ3v) is 6.11. The van der Waals surface area contributed by atoms with E-state index in [2.05, 4.69) is 15.0 Å². The van der Waals surface area contributed by atoms with E-state index in [0.29, 0.717) is 26.3 Å². The van der Waals surface area contributed by atoms with Gasteiger partial charge in [0.2, 0.25) is 5.91 Å². The quantitative estimate of drug-likeness (QED) is 0.559. The molecule has 0 bridgehead atoms. The lowest BCUT2D eigenvalue weighted by Gasteiger charge is -2.27. The number of urea groups is 1. The first kappa shape index (κ1) is 26.4. The van der Waals surface area contributed by atoms with Crippen molar-refractivity contribution in [1.82, 2.24) is 14.8 Å². The number of imide groups is 1. The number of hydrogen-bond acceptors (Lipinski definition) is 7. The molecule has 1 N–H and O–H groups in total. The Balaban J connectivity index is 1.61. The van der Waals surface area contributed by atoms with Crippen molar-refractivity contribution in [2.24, 2.45) is 0 Å². The molecule has 2 aliphatic rings.